The Morgan fingerprint density at radius 3 is 2.89 bits per heavy atom. The van der Waals surface area contributed by atoms with Gasteiger partial charge in [0.05, 0.1) is 12.1 Å². The van der Waals surface area contributed by atoms with E-state index in [4.69, 9.17) is 11.6 Å². The van der Waals surface area contributed by atoms with Crippen molar-refractivity contribution < 1.29 is 4.79 Å². The van der Waals surface area contributed by atoms with E-state index in [9.17, 15) is 4.79 Å². The number of hydrogen-bond donors (Lipinski definition) is 0. The second-order valence-electron chi connectivity index (χ2n) is 4.44. The topological polar surface area (TPSA) is 62.2 Å². The average molecular weight is 278 g/mol. The van der Waals surface area contributed by atoms with Crippen molar-refractivity contribution in [2.24, 2.45) is 0 Å². The Morgan fingerprint density at radius 1 is 1.26 bits per heavy atom. The van der Waals surface area contributed by atoms with Crippen LogP contribution in [-0.4, -0.2) is 52.4 Å². The summed E-state index contributed by atoms with van der Waals surface area (Å²) < 4.78 is 0. The van der Waals surface area contributed by atoms with Crippen LogP contribution in [0.2, 0.25) is 5.15 Å². The lowest BCUT2D eigenvalue weighted by atomic mass is 10.3. The molecule has 0 aromatic carbocycles. The summed E-state index contributed by atoms with van der Waals surface area (Å²) in [6.45, 7) is 1.70. The number of anilines is 1. The van der Waals surface area contributed by atoms with Crippen molar-refractivity contribution in [3.05, 3.63) is 23.6 Å². The highest BCUT2D eigenvalue weighted by atomic mass is 35.5. The number of nitrogens with zero attached hydrogens (tertiary/aromatic N) is 5. The Labute approximate surface area is 115 Å². The van der Waals surface area contributed by atoms with Gasteiger partial charge in [0, 0.05) is 20.1 Å². The molecule has 1 saturated heterocycles. The van der Waals surface area contributed by atoms with Crippen molar-refractivity contribution in [1.29, 1.82) is 0 Å². The molecule has 1 amide bonds. The molecule has 6 nitrogen and oxygen atoms in total. The Hall–Kier alpha value is -1.95. The van der Waals surface area contributed by atoms with Gasteiger partial charge < -0.3 is 9.80 Å². The largest absolute Gasteiger partial charge is 0.344 e. The number of rotatable bonds is 1. The Bertz CT molecular complexity index is 647. The first-order valence-electron chi connectivity index (χ1n) is 5.91. The molecule has 0 N–H and O–H groups in total. The van der Waals surface area contributed by atoms with Gasteiger partial charge in [0.2, 0.25) is 5.91 Å². The maximum Gasteiger partial charge on any atom is 0.241 e. The Balaban J connectivity index is 2.05. The fraction of sp³-hybridized carbons (Fsp3) is 0.333. The predicted molar refractivity (Wildman–Crippen MR) is 72.2 cm³/mol. The molecule has 19 heavy (non-hydrogen) atoms. The number of amides is 1. The summed E-state index contributed by atoms with van der Waals surface area (Å²) in [5.74, 6) is 0.731. The van der Waals surface area contributed by atoms with Crippen LogP contribution in [0.5, 0.6) is 0 Å². The van der Waals surface area contributed by atoms with Gasteiger partial charge in [0.1, 0.15) is 17.0 Å². The van der Waals surface area contributed by atoms with E-state index in [0.717, 1.165) is 12.1 Å². The minimum Gasteiger partial charge on any atom is -0.344 e. The standard InChI is InChI=1S/C12H12ClN5O/c1-17-4-5-18(6-10(17)19)12-11-8(14-7-15-12)2-3-9(13)16-11/h2-3,7H,4-6H2,1H3. The lowest BCUT2D eigenvalue weighted by Crippen LogP contribution is -2.49. The first-order chi connectivity index (χ1) is 9.15. The van der Waals surface area contributed by atoms with Crippen LogP contribution in [0.25, 0.3) is 11.0 Å². The molecular weight excluding hydrogens is 266 g/mol. The van der Waals surface area contributed by atoms with Gasteiger partial charge in [0.25, 0.3) is 0 Å². The highest BCUT2D eigenvalue weighted by Gasteiger charge is 2.23. The zero-order valence-corrected chi connectivity index (χ0v) is 11.1. The zero-order chi connectivity index (χ0) is 13.4. The number of fused-ring (bicyclic) bond motifs is 1. The third-order valence-corrected chi connectivity index (χ3v) is 3.40. The van der Waals surface area contributed by atoms with Crippen LogP contribution in [0.1, 0.15) is 0 Å². The van der Waals surface area contributed by atoms with Gasteiger partial charge in [-0.2, -0.15) is 0 Å². The molecule has 0 unspecified atom stereocenters. The monoisotopic (exact) mass is 277 g/mol. The number of halogens is 1. The quantitative estimate of drug-likeness (QED) is 0.727. The van der Waals surface area contributed by atoms with Crippen LogP contribution >= 0.6 is 11.6 Å². The molecule has 0 atom stereocenters. The molecule has 0 radical (unpaired) electrons. The smallest absolute Gasteiger partial charge is 0.241 e. The third-order valence-electron chi connectivity index (χ3n) is 3.19. The van der Waals surface area contributed by atoms with Gasteiger partial charge in [-0.1, -0.05) is 11.6 Å². The minimum atomic E-state index is 0.0695. The van der Waals surface area contributed by atoms with Crippen molar-refractivity contribution in [3.63, 3.8) is 0 Å². The zero-order valence-electron chi connectivity index (χ0n) is 10.4. The number of carbonyl (C=O) groups excluding carboxylic acids is 1. The van der Waals surface area contributed by atoms with Gasteiger partial charge in [-0.05, 0) is 12.1 Å². The average Bonchev–Trinajstić information content (AvgIpc) is 2.41. The molecule has 3 heterocycles. The summed E-state index contributed by atoms with van der Waals surface area (Å²) in [7, 11) is 1.80. The molecule has 2 aromatic heterocycles. The molecule has 1 fully saturated rings. The van der Waals surface area contributed by atoms with Gasteiger partial charge in [0.15, 0.2) is 5.82 Å². The van der Waals surface area contributed by atoms with Crippen molar-refractivity contribution >= 4 is 34.4 Å². The number of aromatic nitrogens is 3. The van der Waals surface area contributed by atoms with Crippen LogP contribution in [0, 0.1) is 0 Å². The summed E-state index contributed by atoms with van der Waals surface area (Å²) in [6, 6.07) is 3.49. The third kappa shape index (κ3) is 2.19. The fourth-order valence-corrected chi connectivity index (χ4v) is 2.22. The summed E-state index contributed by atoms with van der Waals surface area (Å²) in [5, 5.41) is 0.393. The van der Waals surface area contributed by atoms with Crippen LogP contribution < -0.4 is 4.90 Å². The molecule has 1 aliphatic heterocycles. The summed E-state index contributed by atoms with van der Waals surface area (Å²) >= 11 is 5.92. The van der Waals surface area contributed by atoms with Gasteiger partial charge in [-0.15, -0.1) is 0 Å². The summed E-state index contributed by atoms with van der Waals surface area (Å²) in [6.07, 6.45) is 1.48. The van der Waals surface area contributed by atoms with Crippen molar-refractivity contribution in [2.75, 3.05) is 31.6 Å². The van der Waals surface area contributed by atoms with Gasteiger partial charge in [-0.3, -0.25) is 4.79 Å². The Kier molecular flexibility index (Phi) is 2.94. The van der Waals surface area contributed by atoms with E-state index in [1.54, 1.807) is 24.1 Å². The van der Waals surface area contributed by atoms with Crippen LogP contribution in [0.15, 0.2) is 18.5 Å². The first kappa shape index (κ1) is 12.1. The molecule has 1 aliphatic rings. The maximum atomic E-state index is 11.8. The van der Waals surface area contributed by atoms with Crippen LogP contribution in [-0.2, 0) is 4.79 Å². The minimum absolute atomic E-state index is 0.0695. The van der Waals surface area contributed by atoms with E-state index in [2.05, 4.69) is 15.0 Å². The summed E-state index contributed by atoms with van der Waals surface area (Å²) in [4.78, 5) is 28.1. The number of piperazine rings is 1. The molecule has 7 heteroatoms. The van der Waals surface area contributed by atoms with E-state index in [0.29, 0.717) is 29.6 Å². The molecule has 3 rings (SSSR count). The lowest BCUT2D eigenvalue weighted by molar-refractivity contribution is -0.129. The van der Waals surface area contributed by atoms with Crippen molar-refractivity contribution in [3.8, 4) is 0 Å². The van der Waals surface area contributed by atoms with Crippen LogP contribution in [0.3, 0.4) is 0 Å². The molecule has 0 spiro atoms. The van der Waals surface area contributed by atoms with Crippen molar-refractivity contribution in [1.82, 2.24) is 19.9 Å². The highest BCUT2D eigenvalue weighted by Crippen LogP contribution is 2.23. The molecule has 0 bridgehead atoms. The molecule has 2 aromatic rings. The van der Waals surface area contributed by atoms with Crippen LogP contribution in [0.4, 0.5) is 5.82 Å². The lowest BCUT2D eigenvalue weighted by Gasteiger charge is -2.32. The van der Waals surface area contributed by atoms with E-state index in [1.807, 2.05) is 4.90 Å². The normalized spacial score (nSPS) is 16.2. The van der Waals surface area contributed by atoms with E-state index < -0.39 is 0 Å². The number of likely N-dealkylation sites (N-methyl/N-ethyl adjacent to an activating group) is 1. The Morgan fingerprint density at radius 2 is 2.11 bits per heavy atom. The number of hydrogen-bond acceptors (Lipinski definition) is 5. The SMILES string of the molecule is CN1CCN(c2ncnc3ccc(Cl)nc23)CC1=O. The second-order valence-corrected chi connectivity index (χ2v) is 4.82. The van der Waals surface area contributed by atoms with E-state index in [1.165, 1.54) is 6.33 Å². The van der Waals surface area contributed by atoms with Gasteiger partial charge >= 0.3 is 0 Å². The highest BCUT2D eigenvalue weighted by molar-refractivity contribution is 6.29. The van der Waals surface area contributed by atoms with Crippen molar-refractivity contribution in [2.45, 2.75) is 0 Å². The second kappa shape index (κ2) is 4.62. The number of pyridine rings is 1. The first-order valence-corrected chi connectivity index (χ1v) is 6.29. The molecule has 0 saturated carbocycles. The molecular formula is C12H12ClN5O. The molecule has 0 aliphatic carbocycles. The summed E-state index contributed by atoms with van der Waals surface area (Å²) in [5.41, 5.74) is 1.35. The predicted octanol–water partition coefficient (Wildman–Crippen LogP) is 0.957. The maximum absolute atomic E-state index is 11.8. The number of carbonyl (C=O) groups is 1. The van der Waals surface area contributed by atoms with E-state index >= 15 is 0 Å². The molecule has 98 valence electrons. The van der Waals surface area contributed by atoms with E-state index in [-0.39, 0.29) is 5.91 Å². The van der Waals surface area contributed by atoms with Gasteiger partial charge in [-0.25, -0.2) is 15.0 Å². The fourth-order valence-electron chi connectivity index (χ4n) is 2.07.